The monoisotopic (exact) mass is 517 g/mol. The first-order chi connectivity index (χ1) is 18.3. The number of likely N-dealkylation sites (N-methyl/N-ethyl adjacent to an activating group) is 1. The van der Waals surface area contributed by atoms with Gasteiger partial charge in [0.15, 0.2) is 5.82 Å². The Morgan fingerprint density at radius 2 is 1.79 bits per heavy atom. The van der Waals surface area contributed by atoms with Crippen LogP contribution in [0.25, 0.3) is 22.2 Å². The summed E-state index contributed by atoms with van der Waals surface area (Å²) >= 11 is 0. The number of fused-ring (bicyclic) bond motifs is 2. The number of nitrogens with zero attached hydrogens (tertiary/aromatic N) is 7. The molecule has 0 bridgehead atoms. The topological polar surface area (TPSA) is 63.0 Å². The third kappa shape index (κ3) is 4.58. The fourth-order valence-corrected chi connectivity index (χ4v) is 6.07. The van der Waals surface area contributed by atoms with Gasteiger partial charge in [-0.25, -0.2) is 23.7 Å². The van der Waals surface area contributed by atoms with Crippen LogP contribution in [0.4, 0.5) is 8.78 Å². The average molecular weight is 518 g/mol. The van der Waals surface area contributed by atoms with Gasteiger partial charge in [0.25, 0.3) is 0 Å². The van der Waals surface area contributed by atoms with Crippen LogP contribution in [0.1, 0.15) is 49.2 Å². The van der Waals surface area contributed by atoms with Gasteiger partial charge < -0.3 is 9.47 Å². The Morgan fingerprint density at radius 3 is 2.55 bits per heavy atom. The fourth-order valence-electron chi connectivity index (χ4n) is 6.07. The molecule has 2 aliphatic rings. The van der Waals surface area contributed by atoms with Crippen LogP contribution in [-0.2, 0) is 13.0 Å². The number of hydrogen-bond acceptors (Lipinski definition) is 6. The molecule has 2 unspecified atom stereocenters. The maximum absolute atomic E-state index is 15.0. The third-order valence-electron chi connectivity index (χ3n) is 8.01. The van der Waals surface area contributed by atoms with Crippen LogP contribution in [0.2, 0.25) is 0 Å². The van der Waals surface area contributed by atoms with Crippen molar-refractivity contribution < 1.29 is 8.78 Å². The van der Waals surface area contributed by atoms with Crippen molar-refractivity contribution in [1.29, 1.82) is 0 Å². The summed E-state index contributed by atoms with van der Waals surface area (Å²) in [5.41, 5.74) is 3.42. The van der Waals surface area contributed by atoms with E-state index in [0.29, 0.717) is 46.1 Å². The zero-order valence-corrected chi connectivity index (χ0v) is 22.3. The summed E-state index contributed by atoms with van der Waals surface area (Å²) in [5, 5.41) is 0. The smallest absolute Gasteiger partial charge is 0.151 e. The molecular weight excluding hydrogens is 484 g/mol. The Morgan fingerprint density at radius 1 is 1.00 bits per heavy atom. The van der Waals surface area contributed by atoms with Crippen LogP contribution in [-0.4, -0.2) is 67.0 Å². The fraction of sp³-hybridized carbons (Fsp3) is 0.448. The van der Waals surface area contributed by atoms with Gasteiger partial charge in [-0.2, -0.15) is 0 Å². The van der Waals surface area contributed by atoms with Gasteiger partial charge in [-0.15, -0.1) is 0 Å². The highest BCUT2D eigenvalue weighted by Crippen LogP contribution is 2.33. The molecule has 38 heavy (non-hydrogen) atoms. The van der Waals surface area contributed by atoms with E-state index in [1.54, 1.807) is 12.1 Å². The summed E-state index contributed by atoms with van der Waals surface area (Å²) in [6, 6.07) is 5.53. The zero-order chi connectivity index (χ0) is 26.6. The summed E-state index contributed by atoms with van der Waals surface area (Å²) in [4.78, 5) is 22.7. The van der Waals surface area contributed by atoms with E-state index >= 15 is 0 Å². The van der Waals surface area contributed by atoms with Gasteiger partial charge in [0.1, 0.15) is 23.0 Å². The number of piperidine rings is 1. The number of aryl methyl sites for hydroxylation is 1. The van der Waals surface area contributed by atoms with Crippen molar-refractivity contribution in [1.82, 2.24) is 34.3 Å². The maximum Gasteiger partial charge on any atom is 0.151 e. The SMILES string of the molecule is Cc1nc2c(F)cc(-c3cc(Cc4ncc(CN5CC6CCN(C)CC65)cn4)ncc3F)cc2n1C(C)C. The van der Waals surface area contributed by atoms with Gasteiger partial charge in [-0.1, -0.05) is 0 Å². The lowest BCUT2D eigenvalue weighted by atomic mass is 9.82. The van der Waals surface area contributed by atoms with Gasteiger partial charge in [-0.05, 0) is 70.5 Å². The van der Waals surface area contributed by atoms with E-state index in [-0.39, 0.29) is 6.04 Å². The van der Waals surface area contributed by atoms with Gasteiger partial charge in [0.2, 0.25) is 0 Å². The Balaban J connectivity index is 1.20. The normalized spacial score (nSPS) is 20.2. The maximum atomic E-state index is 15.0. The van der Waals surface area contributed by atoms with Crippen LogP contribution in [0, 0.1) is 24.5 Å². The molecule has 2 atom stereocenters. The van der Waals surface area contributed by atoms with E-state index in [0.717, 1.165) is 36.9 Å². The van der Waals surface area contributed by atoms with E-state index < -0.39 is 11.6 Å². The summed E-state index contributed by atoms with van der Waals surface area (Å²) in [5.74, 6) is 1.19. The molecule has 0 radical (unpaired) electrons. The van der Waals surface area contributed by atoms with Crippen LogP contribution in [0.15, 0.2) is 36.8 Å². The van der Waals surface area contributed by atoms with Gasteiger partial charge in [0, 0.05) is 60.9 Å². The second-order valence-corrected chi connectivity index (χ2v) is 11.1. The first-order valence-corrected chi connectivity index (χ1v) is 13.3. The van der Waals surface area contributed by atoms with E-state index in [9.17, 15) is 8.78 Å². The molecule has 4 aromatic rings. The highest BCUT2D eigenvalue weighted by Gasteiger charge is 2.41. The Bertz CT molecular complexity index is 1480. The Kier molecular flexibility index (Phi) is 6.44. The minimum Gasteiger partial charge on any atom is -0.326 e. The minimum atomic E-state index is -0.502. The van der Waals surface area contributed by atoms with E-state index in [1.165, 1.54) is 25.2 Å². The zero-order valence-electron chi connectivity index (χ0n) is 22.3. The Labute approximate surface area is 221 Å². The quantitative estimate of drug-likeness (QED) is 0.367. The molecule has 9 heteroatoms. The third-order valence-corrected chi connectivity index (χ3v) is 8.01. The number of halogens is 2. The first-order valence-electron chi connectivity index (χ1n) is 13.3. The van der Waals surface area contributed by atoms with Crippen molar-refractivity contribution in [3.8, 4) is 11.1 Å². The second-order valence-electron chi connectivity index (χ2n) is 11.1. The van der Waals surface area contributed by atoms with Gasteiger partial charge in [-0.3, -0.25) is 9.88 Å². The molecule has 5 heterocycles. The summed E-state index contributed by atoms with van der Waals surface area (Å²) in [6.07, 6.45) is 6.59. The molecule has 198 valence electrons. The standard InChI is InChI=1S/C29H33F2N7/c1-17(2)38-18(3)35-29-24(30)7-21(8-26(29)38)23-9-22(32-13-25(23)31)10-28-33-11-19(12-34-28)14-37-15-20-5-6-36(4)16-27(20)37/h7-9,11-13,17,20,27H,5-6,10,14-16H2,1-4H3. The first kappa shape index (κ1) is 25.0. The molecular formula is C29H33F2N7. The lowest BCUT2D eigenvalue weighted by molar-refractivity contribution is -0.0433. The lowest BCUT2D eigenvalue weighted by Gasteiger charge is -2.53. The molecule has 7 nitrogen and oxygen atoms in total. The van der Waals surface area contributed by atoms with E-state index in [4.69, 9.17) is 0 Å². The van der Waals surface area contributed by atoms with E-state index in [2.05, 4.69) is 36.8 Å². The minimum absolute atomic E-state index is 0.0964. The highest BCUT2D eigenvalue weighted by molar-refractivity contribution is 5.83. The molecule has 2 aliphatic heterocycles. The Hall–Kier alpha value is -3.30. The van der Waals surface area contributed by atoms with Gasteiger partial charge >= 0.3 is 0 Å². The molecule has 6 rings (SSSR count). The summed E-state index contributed by atoms with van der Waals surface area (Å²) in [6.45, 7) is 10.2. The number of imidazole rings is 1. The van der Waals surface area contributed by atoms with Crippen LogP contribution < -0.4 is 0 Å². The van der Waals surface area contributed by atoms with Crippen molar-refractivity contribution in [3.63, 3.8) is 0 Å². The average Bonchev–Trinajstić information content (AvgIpc) is 3.22. The highest BCUT2D eigenvalue weighted by atomic mass is 19.1. The molecule has 0 N–H and O–H groups in total. The summed E-state index contributed by atoms with van der Waals surface area (Å²) in [7, 11) is 2.19. The van der Waals surface area contributed by atoms with Gasteiger partial charge in [0.05, 0.1) is 18.1 Å². The predicted octanol–water partition coefficient (Wildman–Crippen LogP) is 4.78. The number of pyridine rings is 1. The number of hydrogen-bond donors (Lipinski definition) is 0. The lowest BCUT2D eigenvalue weighted by Crippen LogP contribution is -2.62. The molecule has 1 aromatic carbocycles. The second kappa shape index (κ2) is 9.78. The van der Waals surface area contributed by atoms with Crippen molar-refractivity contribution in [2.75, 3.05) is 26.7 Å². The van der Waals surface area contributed by atoms with E-state index in [1.807, 2.05) is 37.7 Å². The molecule has 0 spiro atoms. The molecule has 0 saturated carbocycles. The molecule has 2 saturated heterocycles. The largest absolute Gasteiger partial charge is 0.326 e. The van der Waals surface area contributed by atoms with Crippen molar-refractivity contribution in [3.05, 3.63) is 71.3 Å². The number of benzene rings is 1. The molecule has 2 fully saturated rings. The molecule has 0 aliphatic carbocycles. The molecule has 3 aromatic heterocycles. The molecule has 0 amide bonds. The van der Waals surface area contributed by atoms with Crippen LogP contribution in [0.5, 0.6) is 0 Å². The number of likely N-dealkylation sites (tertiary alicyclic amines) is 2. The van der Waals surface area contributed by atoms with Crippen LogP contribution >= 0.6 is 0 Å². The van der Waals surface area contributed by atoms with Crippen molar-refractivity contribution >= 4 is 11.0 Å². The van der Waals surface area contributed by atoms with Crippen LogP contribution in [0.3, 0.4) is 0 Å². The van der Waals surface area contributed by atoms with Crippen molar-refractivity contribution in [2.45, 2.75) is 52.2 Å². The summed E-state index contributed by atoms with van der Waals surface area (Å²) < 4.78 is 31.9. The number of rotatable bonds is 6. The van der Waals surface area contributed by atoms with Crippen molar-refractivity contribution in [2.24, 2.45) is 5.92 Å². The number of aromatic nitrogens is 5. The predicted molar refractivity (Wildman–Crippen MR) is 143 cm³/mol.